The molecule has 2 heterocycles. The van der Waals surface area contributed by atoms with Crippen molar-refractivity contribution in [3.63, 3.8) is 0 Å². The highest BCUT2D eigenvalue weighted by atomic mass is 32.2. The molecule has 0 radical (unpaired) electrons. The monoisotopic (exact) mass is 379 g/mol. The van der Waals surface area contributed by atoms with Crippen LogP contribution in [-0.2, 0) is 16.4 Å². The van der Waals surface area contributed by atoms with Crippen LogP contribution in [0.4, 0.5) is 11.4 Å². The number of nitrogens with one attached hydrogen (secondary N) is 1. The molecule has 0 amide bonds. The Kier molecular flexibility index (Phi) is 5.58. The average Bonchev–Trinajstić information content (AvgIpc) is 3.16. The Morgan fingerprint density at radius 3 is 2.62 bits per heavy atom. The van der Waals surface area contributed by atoms with Gasteiger partial charge in [-0.15, -0.1) is 0 Å². The standard InChI is InChI=1S/C17H21N3O5S/c21-20(22)17-13-15(26(23,24)19-10-2-1-3-11-19)6-7-16(17)18-9-8-14-5-4-12-25-14/h4-7,12-13,18H,1-3,8-11H2. The Bertz CT molecular complexity index is 859. The molecule has 0 spiro atoms. The van der Waals surface area contributed by atoms with Crippen LogP contribution in [0, 0.1) is 10.1 Å². The second-order valence-corrected chi connectivity index (χ2v) is 8.09. The number of hydrogen-bond acceptors (Lipinski definition) is 6. The SMILES string of the molecule is O=[N+]([O-])c1cc(S(=O)(=O)N2CCCCC2)ccc1NCCc1ccco1. The van der Waals surface area contributed by atoms with Crippen molar-refractivity contribution >= 4 is 21.4 Å². The molecular weight excluding hydrogens is 358 g/mol. The number of benzene rings is 1. The van der Waals surface area contributed by atoms with E-state index in [-0.39, 0.29) is 10.6 Å². The number of rotatable bonds is 7. The molecule has 2 aromatic rings. The summed E-state index contributed by atoms with van der Waals surface area (Å²) in [5.41, 5.74) is 0.0432. The van der Waals surface area contributed by atoms with Crippen LogP contribution in [0.3, 0.4) is 0 Å². The topological polar surface area (TPSA) is 106 Å². The molecule has 0 saturated carbocycles. The number of nitrogens with zero attached hydrogens (tertiary/aromatic N) is 2. The summed E-state index contributed by atoms with van der Waals surface area (Å²) in [5, 5.41) is 14.4. The maximum absolute atomic E-state index is 12.7. The van der Waals surface area contributed by atoms with E-state index in [0.717, 1.165) is 31.1 Å². The van der Waals surface area contributed by atoms with Crippen LogP contribution in [0.2, 0.25) is 0 Å². The number of anilines is 1. The van der Waals surface area contributed by atoms with Crippen LogP contribution in [0.25, 0.3) is 0 Å². The molecule has 3 rings (SSSR count). The van der Waals surface area contributed by atoms with E-state index in [4.69, 9.17) is 4.42 Å². The van der Waals surface area contributed by atoms with Crippen LogP contribution >= 0.6 is 0 Å². The van der Waals surface area contributed by atoms with E-state index in [1.54, 1.807) is 12.3 Å². The highest BCUT2D eigenvalue weighted by Crippen LogP contribution is 2.30. The van der Waals surface area contributed by atoms with Gasteiger partial charge in [-0.25, -0.2) is 8.42 Å². The van der Waals surface area contributed by atoms with E-state index < -0.39 is 14.9 Å². The summed E-state index contributed by atoms with van der Waals surface area (Å²) >= 11 is 0. The summed E-state index contributed by atoms with van der Waals surface area (Å²) in [6.07, 6.45) is 4.77. The predicted octanol–water partition coefficient (Wildman–Crippen LogP) is 3.02. The van der Waals surface area contributed by atoms with Gasteiger partial charge < -0.3 is 9.73 Å². The third-order valence-corrected chi connectivity index (χ3v) is 6.28. The molecule has 1 aliphatic heterocycles. The van der Waals surface area contributed by atoms with E-state index in [0.29, 0.717) is 31.7 Å². The van der Waals surface area contributed by atoms with Crippen molar-refractivity contribution in [3.05, 3.63) is 52.5 Å². The van der Waals surface area contributed by atoms with Gasteiger partial charge in [0.25, 0.3) is 5.69 Å². The fourth-order valence-electron chi connectivity index (χ4n) is 3.00. The minimum atomic E-state index is -3.70. The van der Waals surface area contributed by atoms with E-state index in [1.807, 2.05) is 6.07 Å². The highest BCUT2D eigenvalue weighted by molar-refractivity contribution is 7.89. The summed E-state index contributed by atoms with van der Waals surface area (Å²) in [6, 6.07) is 7.62. The smallest absolute Gasteiger partial charge is 0.293 e. The number of furan rings is 1. The first-order valence-corrected chi connectivity index (χ1v) is 9.97. The molecule has 1 fully saturated rings. The third-order valence-electron chi connectivity index (χ3n) is 4.39. The number of hydrogen-bond donors (Lipinski definition) is 1. The van der Waals surface area contributed by atoms with Gasteiger partial charge in [0.15, 0.2) is 0 Å². The lowest BCUT2D eigenvalue weighted by Crippen LogP contribution is -2.35. The third kappa shape index (κ3) is 4.05. The first-order chi connectivity index (χ1) is 12.5. The zero-order valence-electron chi connectivity index (χ0n) is 14.3. The minimum Gasteiger partial charge on any atom is -0.469 e. The summed E-state index contributed by atoms with van der Waals surface area (Å²) in [6.45, 7) is 1.35. The Morgan fingerprint density at radius 2 is 1.96 bits per heavy atom. The highest BCUT2D eigenvalue weighted by Gasteiger charge is 2.28. The van der Waals surface area contributed by atoms with Gasteiger partial charge >= 0.3 is 0 Å². The molecular formula is C17H21N3O5S. The molecule has 1 aromatic carbocycles. The van der Waals surface area contributed by atoms with Gasteiger partial charge in [0, 0.05) is 32.1 Å². The van der Waals surface area contributed by atoms with Crippen LogP contribution in [-0.4, -0.2) is 37.3 Å². The number of nitro groups is 1. The Balaban J connectivity index is 1.78. The van der Waals surface area contributed by atoms with Crippen molar-refractivity contribution in [3.8, 4) is 0 Å². The number of sulfonamides is 1. The molecule has 0 bridgehead atoms. The molecule has 140 valence electrons. The molecule has 8 nitrogen and oxygen atoms in total. The zero-order chi connectivity index (χ0) is 18.6. The lowest BCUT2D eigenvalue weighted by atomic mass is 10.2. The van der Waals surface area contributed by atoms with E-state index >= 15 is 0 Å². The second kappa shape index (κ2) is 7.88. The normalized spacial score (nSPS) is 15.7. The quantitative estimate of drug-likeness (QED) is 0.585. The summed E-state index contributed by atoms with van der Waals surface area (Å²) in [4.78, 5) is 10.8. The van der Waals surface area contributed by atoms with Gasteiger partial charge in [-0.1, -0.05) is 6.42 Å². The first-order valence-electron chi connectivity index (χ1n) is 8.53. The van der Waals surface area contributed by atoms with Crippen molar-refractivity contribution in [2.75, 3.05) is 25.0 Å². The largest absolute Gasteiger partial charge is 0.469 e. The maximum atomic E-state index is 12.7. The van der Waals surface area contributed by atoms with Crippen LogP contribution in [0.5, 0.6) is 0 Å². The van der Waals surface area contributed by atoms with E-state index in [2.05, 4.69) is 5.32 Å². The maximum Gasteiger partial charge on any atom is 0.293 e. The van der Waals surface area contributed by atoms with Crippen LogP contribution < -0.4 is 5.32 Å². The molecule has 9 heteroatoms. The fourth-order valence-corrected chi connectivity index (χ4v) is 4.54. The van der Waals surface area contributed by atoms with Crippen molar-refractivity contribution in [1.29, 1.82) is 0 Å². The fraction of sp³-hybridized carbons (Fsp3) is 0.412. The Labute approximate surface area is 152 Å². The minimum absolute atomic E-state index is 0.0392. The van der Waals surface area contributed by atoms with Crippen LogP contribution in [0.1, 0.15) is 25.0 Å². The lowest BCUT2D eigenvalue weighted by Gasteiger charge is -2.25. The van der Waals surface area contributed by atoms with Gasteiger partial charge in [-0.3, -0.25) is 10.1 Å². The van der Waals surface area contributed by atoms with Gasteiger partial charge in [0.1, 0.15) is 11.4 Å². The first kappa shape index (κ1) is 18.4. The van der Waals surface area contributed by atoms with Gasteiger partial charge in [0.05, 0.1) is 16.1 Å². The lowest BCUT2D eigenvalue weighted by molar-refractivity contribution is -0.384. The molecule has 1 saturated heterocycles. The summed E-state index contributed by atoms with van der Waals surface area (Å²) < 4.78 is 32.1. The Morgan fingerprint density at radius 1 is 1.19 bits per heavy atom. The summed E-state index contributed by atoms with van der Waals surface area (Å²) in [5.74, 6) is 0.768. The zero-order valence-corrected chi connectivity index (χ0v) is 15.1. The van der Waals surface area contributed by atoms with E-state index in [1.165, 1.54) is 16.4 Å². The van der Waals surface area contributed by atoms with Crippen molar-refractivity contribution < 1.29 is 17.8 Å². The molecule has 0 aliphatic carbocycles. The molecule has 0 unspecified atom stereocenters. The number of piperidine rings is 1. The van der Waals surface area contributed by atoms with Crippen LogP contribution in [0.15, 0.2) is 45.9 Å². The Hall–Kier alpha value is -2.39. The summed E-state index contributed by atoms with van der Waals surface area (Å²) in [7, 11) is -3.70. The molecule has 1 aromatic heterocycles. The second-order valence-electron chi connectivity index (χ2n) is 6.16. The molecule has 0 atom stereocenters. The molecule has 1 aliphatic rings. The predicted molar refractivity (Wildman–Crippen MR) is 96.6 cm³/mol. The van der Waals surface area contributed by atoms with Crippen molar-refractivity contribution in [2.24, 2.45) is 0 Å². The number of nitro benzene ring substituents is 1. The van der Waals surface area contributed by atoms with Gasteiger partial charge in [-0.05, 0) is 37.1 Å². The van der Waals surface area contributed by atoms with Gasteiger partial charge in [-0.2, -0.15) is 4.31 Å². The molecule has 26 heavy (non-hydrogen) atoms. The van der Waals surface area contributed by atoms with Crippen molar-refractivity contribution in [1.82, 2.24) is 4.31 Å². The van der Waals surface area contributed by atoms with Crippen molar-refractivity contribution in [2.45, 2.75) is 30.6 Å². The molecule has 1 N–H and O–H groups in total. The van der Waals surface area contributed by atoms with Gasteiger partial charge in [0.2, 0.25) is 10.0 Å². The van der Waals surface area contributed by atoms with E-state index in [9.17, 15) is 18.5 Å². The average molecular weight is 379 g/mol.